The average Bonchev–Trinajstić information content (AvgIpc) is 3.04. The van der Waals surface area contributed by atoms with Crippen molar-refractivity contribution in [3.63, 3.8) is 0 Å². The molecule has 1 amide bonds. The van der Waals surface area contributed by atoms with Crippen LogP contribution in [0.4, 0.5) is 4.79 Å². The van der Waals surface area contributed by atoms with Crippen LogP contribution in [0, 0.1) is 5.92 Å². The summed E-state index contributed by atoms with van der Waals surface area (Å²) in [5.41, 5.74) is 0.967. The highest BCUT2D eigenvalue weighted by Gasteiger charge is 2.21. The number of aromatic nitrogens is 1. The van der Waals surface area contributed by atoms with Crippen molar-refractivity contribution in [1.82, 2.24) is 14.8 Å². The lowest BCUT2D eigenvalue weighted by molar-refractivity contribution is 0.0929. The second-order valence-electron chi connectivity index (χ2n) is 7.43. The third-order valence-corrected chi connectivity index (χ3v) is 4.67. The van der Waals surface area contributed by atoms with E-state index in [9.17, 15) is 4.79 Å². The van der Waals surface area contributed by atoms with Gasteiger partial charge in [0.25, 0.3) is 0 Å². The SMILES string of the molecule is COc1ccc(-c2cnc(CN3CCCN(C(=O)OCC(C)C)CC3)o2)cc1. The summed E-state index contributed by atoms with van der Waals surface area (Å²) in [6.45, 7) is 8.21. The summed E-state index contributed by atoms with van der Waals surface area (Å²) < 4.78 is 16.5. The number of carbonyl (C=O) groups is 1. The van der Waals surface area contributed by atoms with Gasteiger partial charge in [-0.15, -0.1) is 0 Å². The van der Waals surface area contributed by atoms with Gasteiger partial charge in [-0.3, -0.25) is 4.90 Å². The summed E-state index contributed by atoms with van der Waals surface area (Å²) in [6, 6.07) is 7.71. The molecule has 1 saturated heterocycles. The molecule has 0 N–H and O–H groups in total. The molecule has 7 nitrogen and oxygen atoms in total. The van der Waals surface area contributed by atoms with Gasteiger partial charge in [0.1, 0.15) is 5.75 Å². The van der Waals surface area contributed by atoms with Crippen molar-refractivity contribution in [2.75, 3.05) is 39.9 Å². The van der Waals surface area contributed by atoms with Crippen molar-refractivity contribution in [2.45, 2.75) is 26.8 Å². The highest BCUT2D eigenvalue weighted by Crippen LogP contribution is 2.23. The molecule has 0 unspecified atom stereocenters. The first-order valence-electron chi connectivity index (χ1n) is 9.78. The standard InChI is InChI=1S/C21H29N3O4/c1-16(2)15-27-21(25)24-10-4-9-23(11-12-24)14-20-22-13-19(28-20)17-5-7-18(26-3)8-6-17/h5-8,13,16H,4,9-12,14-15H2,1-3H3. The molecule has 1 aromatic carbocycles. The highest BCUT2D eigenvalue weighted by atomic mass is 16.6. The number of nitrogens with zero attached hydrogens (tertiary/aromatic N) is 3. The maximum Gasteiger partial charge on any atom is 0.409 e. The number of hydrogen-bond donors (Lipinski definition) is 0. The minimum Gasteiger partial charge on any atom is -0.497 e. The van der Waals surface area contributed by atoms with Gasteiger partial charge in [0, 0.05) is 31.7 Å². The summed E-state index contributed by atoms with van der Waals surface area (Å²) in [5, 5.41) is 0. The normalized spacial score (nSPS) is 15.5. The smallest absolute Gasteiger partial charge is 0.409 e. The first kappa shape index (κ1) is 20.2. The number of amides is 1. The number of benzene rings is 1. The van der Waals surface area contributed by atoms with Crippen LogP contribution in [0.5, 0.6) is 5.75 Å². The van der Waals surface area contributed by atoms with Crippen LogP contribution in [0.15, 0.2) is 34.9 Å². The summed E-state index contributed by atoms with van der Waals surface area (Å²) in [4.78, 5) is 20.6. The first-order valence-corrected chi connectivity index (χ1v) is 9.78. The van der Waals surface area contributed by atoms with Crippen LogP contribution in [0.1, 0.15) is 26.2 Å². The minimum atomic E-state index is -0.214. The van der Waals surface area contributed by atoms with Gasteiger partial charge >= 0.3 is 6.09 Å². The van der Waals surface area contributed by atoms with Gasteiger partial charge in [-0.25, -0.2) is 9.78 Å². The van der Waals surface area contributed by atoms with E-state index in [1.54, 1.807) is 18.2 Å². The van der Waals surface area contributed by atoms with Crippen LogP contribution in [0.2, 0.25) is 0 Å². The van der Waals surface area contributed by atoms with Gasteiger partial charge in [-0.05, 0) is 36.6 Å². The van der Waals surface area contributed by atoms with Crippen LogP contribution < -0.4 is 4.74 Å². The molecule has 0 saturated carbocycles. The van der Waals surface area contributed by atoms with Crippen molar-refractivity contribution in [3.8, 4) is 17.1 Å². The minimum absolute atomic E-state index is 0.214. The van der Waals surface area contributed by atoms with Gasteiger partial charge in [0.15, 0.2) is 5.76 Å². The Labute approximate surface area is 166 Å². The van der Waals surface area contributed by atoms with E-state index in [-0.39, 0.29) is 6.09 Å². The van der Waals surface area contributed by atoms with E-state index >= 15 is 0 Å². The van der Waals surface area contributed by atoms with E-state index in [1.807, 2.05) is 38.1 Å². The predicted molar refractivity (Wildman–Crippen MR) is 106 cm³/mol. The maximum atomic E-state index is 12.2. The fourth-order valence-corrected chi connectivity index (χ4v) is 3.10. The van der Waals surface area contributed by atoms with Crippen molar-refractivity contribution < 1.29 is 18.7 Å². The Kier molecular flexibility index (Phi) is 6.92. The van der Waals surface area contributed by atoms with Gasteiger partial charge in [-0.2, -0.15) is 0 Å². The first-order chi connectivity index (χ1) is 13.5. The molecular formula is C21H29N3O4. The molecule has 152 valence electrons. The summed E-state index contributed by atoms with van der Waals surface area (Å²) >= 11 is 0. The van der Waals surface area contributed by atoms with Crippen LogP contribution in [0.3, 0.4) is 0 Å². The van der Waals surface area contributed by atoms with E-state index in [0.29, 0.717) is 31.5 Å². The molecule has 1 aliphatic heterocycles. The van der Waals surface area contributed by atoms with E-state index in [2.05, 4.69) is 9.88 Å². The van der Waals surface area contributed by atoms with Crippen LogP contribution in [0.25, 0.3) is 11.3 Å². The number of oxazole rings is 1. The maximum absolute atomic E-state index is 12.2. The van der Waals surface area contributed by atoms with E-state index in [4.69, 9.17) is 13.9 Å². The summed E-state index contributed by atoms with van der Waals surface area (Å²) in [6.07, 6.45) is 2.45. The van der Waals surface area contributed by atoms with E-state index in [0.717, 1.165) is 43.1 Å². The Morgan fingerprint density at radius 3 is 2.68 bits per heavy atom. The lowest BCUT2D eigenvalue weighted by Gasteiger charge is -2.21. The number of methoxy groups -OCH3 is 1. The van der Waals surface area contributed by atoms with Gasteiger partial charge in [0.2, 0.25) is 5.89 Å². The lowest BCUT2D eigenvalue weighted by atomic mass is 10.2. The fraction of sp³-hybridized carbons (Fsp3) is 0.524. The Hall–Kier alpha value is -2.54. The molecule has 3 rings (SSSR count). The second-order valence-corrected chi connectivity index (χ2v) is 7.43. The van der Waals surface area contributed by atoms with Crippen molar-refractivity contribution in [1.29, 1.82) is 0 Å². The van der Waals surface area contributed by atoms with Crippen molar-refractivity contribution in [3.05, 3.63) is 36.4 Å². The molecule has 1 fully saturated rings. The van der Waals surface area contributed by atoms with Gasteiger partial charge in [0.05, 0.1) is 26.5 Å². The van der Waals surface area contributed by atoms with Crippen LogP contribution in [-0.4, -0.2) is 60.8 Å². The Bertz CT molecular complexity index is 757. The van der Waals surface area contributed by atoms with Gasteiger partial charge in [-0.1, -0.05) is 13.8 Å². The molecular weight excluding hydrogens is 358 g/mol. The zero-order chi connectivity index (χ0) is 19.9. The molecule has 2 aromatic rings. The van der Waals surface area contributed by atoms with E-state index in [1.165, 1.54) is 0 Å². The molecule has 0 radical (unpaired) electrons. The second kappa shape index (κ2) is 9.59. The lowest BCUT2D eigenvalue weighted by Crippen LogP contribution is -2.36. The van der Waals surface area contributed by atoms with Gasteiger partial charge < -0.3 is 18.8 Å². The number of carbonyl (C=O) groups excluding carboxylic acids is 1. The summed E-state index contributed by atoms with van der Waals surface area (Å²) in [7, 11) is 1.65. The molecule has 0 bridgehead atoms. The number of ether oxygens (including phenoxy) is 2. The monoisotopic (exact) mass is 387 g/mol. The van der Waals surface area contributed by atoms with Crippen molar-refractivity contribution >= 4 is 6.09 Å². The highest BCUT2D eigenvalue weighted by molar-refractivity contribution is 5.67. The molecule has 1 aromatic heterocycles. The Morgan fingerprint density at radius 1 is 1.18 bits per heavy atom. The molecule has 2 heterocycles. The topological polar surface area (TPSA) is 68.0 Å². The van der Waals surface area contributed by atoms with Crippen molar-refractivity contribution in [2.24, 2.45) is 5.92 Å². The van der Waals surface area contributed by atoms with E-state index < -0.39 is 0 Å². The van der Waals surface area contributed by atoms with Crippen LogP contribution in [-0.2, 0) is 11.3 Å². The third kappa shape index (κ3) is 5.48. The molecule has 1 aliphatic rings. The number of rotatable bonds is 6. The fourth-order valence-electron chi connectivity index (χ4n) is 3.10. The summed E-state index contributed by atoms with van der Waals surface area (Å²) in [5.74, 6) is 2.58. The Morgan fingerprint density at radius 2 is 1.96 bits per heavy atom. The quantitative estimate of drug-likeness (QED) is 0.754. The van der Waals surface area contributed by atoms with Crippen LogP contribution >= 0.6 is 0 Å². The average molecular weight is 387 g/mol. The molecule has 0 spiro atoms. The zero-order valence-electron chi connectivity index (χ0n) is 16.9. The largest absolute Gasteiger partial charge is 0.497 e. The molecule has 0 aliphatic carbocycles. The molecule has 28 heavy (non-hydrogen) atoms. The molecule has 7 heteroatoms. The number of hydrogen-bond acceptors (Lipinski definition) is 6. The zero-order valence-corrected chi connectivity index (χ0v) is 16.9. The molecule has 0 atom stereocenters. The third-order valence-electron chi connectivity index (χ3n) is 4.67. The predicted octanol–water partition coefficient (Wildman–Crippen LogP) is 3.65. The Balaban J connectivity index is 1.53.